The Bertz CT molecular complexity index is 1360. The van der Waals surface area contributed by atoms with Gasteiger partial charge in [-0.25, -0.2) is 14.8 Å². The van der Waals surface area contributed by atoms with E-state index in [0.29, 0.717) is 32.8 Å². The summed E-state index contributed by atoms with van der Waals surface area (Å²) in [4.78, 5) is 35.8. The minimum atomic E-state index is -0.621. The predicted octanol–water partition coefficient (Wildman–Crippen LogP) is 4.62. The van der Waals surface area contributed by atoms with Crippen LogP contribution in [-0.4, -0.2) is 43.2 Å². The van der Waals surface area contributed by atoms with Crippen LogP contribution in [0.3, 0.4) is 0 Å². The maximum atomic E-state index is 13.3. The summed E-state index contributed by atoms with van der Waals surface area (Å²) in [7, 11) is 4.19. The number of benzene rings is 1. The van der Waals surface area contributed by atoms with Gasteiger partial charge in [0.25, 0.3) is 5.91 Å². The third-order valence-corrected chi connectivity index (χ3v) is 6.28. The minimum Gasteiger partial charge on any atom is -0.493 e. The average molecular weight is 468 g/mol. The third-order valence-electron chi connectivity index (χ3n) is 5.10. The van der Waals surface area contributed by atoms with E-state index in [1.807, 2.05) is 13.8 Å². The van der Waals surface area contributed by atoms with Gasteiger partial charge in [-0.3, -0.25) is 4.79 Å². The minimum absolute atomic E-state index is 0.137. The fourth-order valence-corrected chi connectivity index (χ4v) is 4.64. The van der Waals surface area contributed by atoms with Crippen molar-refractivity contribution in [3.05, 3.63) is 52.2 Å². The van der Waals surface area contributed by atoms with Crippen LogP contribution in [0.5, 0.6) is 11.5 Å². The van der Waals surface area contributed by atoms with E-state index in [-0.39, 0.29) is 11.3 Å². The molecule has 0 radical (unpaired) electrons. The van der Waals surface area contributed by atoms with E-state index in [9.17, 15) is 9.59 Å². The molecule has 1 N–H and O–H groups in total. The van der Waals surface area contributed by atoms with Crippen LogP contribution >= 0.6 is 11.3 Å². The molecule has 1 aromatic carbocycles. The number of rotatable bonds is 6. The topological polar surface area (TPSA) is 113 Å². The van der Waals surface area contributed by atoms with Crippen molar-refractivity contribution in [1.29, 1.82) is 0 Å². The first kappa shape index (κ1) is 22.3. The number of amides is 1. The summed E-state index contributed by atoms with van der Waals surface area (Å²) in [6, 6.07) is 6.52. The number of furan rings is 1. The van der Waals surface area contributed by atoms with Crippen LogP contribution in [0.2, 0.25) is 0 Å². The second-order valence-corrected chi connectivity index (χ2v) is 8.04. The first-order valence-electron chi connectivity index (χ1n) is 9.85. The van der Waals surface area contributed by atoms with E-state index < -0.39 is 11.9 Å². The highest BCUT2D eigenvalue weighted by molar-refractivity contribution is 7.20. The number of thiophene rings is 1. The molecule has 1 amide bonds. The number of hydrogen-bond donors (Lipinski definition) is 1. The van der Waals surface area contributed by atoms with Crippen molar-refractivity contribution in [2.24, 2.45) is 0 Å². The Morgan fingerprint density at radius 3 is 2.42 bits per heavy atom. The Hall–Kier alpha value is -3.92. The SMILES string of the molecule is COC(=O)c1cc(OC)c(OC)cc1NC(=O)c1sc2nc(-c3ccco3)nc(C)c2c1C. The zero-order valence-corrected chi connectivity index (χ0v) is 19.5. The number of aryl methyl sites for hydroxylation is 2. The molecule has 0 bridgehead atoms. The number of carbonyl (C=O) groups excluding carboxylic acids is 2. The van der Waals surface area contributed by atoms with E-state index in [2.05, 4.69) is 15.3 Å². The molecule has 0 saturated carbocycles. The lowest BCUT2D eigenvalue weighted by Crippen LogP contribution is -2.15. The van der Waals surface area contributed by atoms with Crippen LogP contribution in [0.15, 0.2) is 34.9 Å². The molecule has 170 valence electrons. The number of carbonyl (C=O) groups is 2. The Morgan fingerprint density at radius 2 is 1.79 bits per heavy atom. The number of fused-ring (bicyclic) bond motifs is 1. The monoisotopic (exact) mass is 467 g/mol. The van der Waals surface area contributed by atoms with Crippen molar-refractivity contribution in [2.45, 2.75) is 13.8 Å². The summed E-state index contributed by atoms with van der Waals surface area (Å²) in [5.41, 5.74) is 1.86. The Morgan fingerprint density at radius 1 is 1.06 bits per heavy atom. The lowest BCUT2D eigenvalue weighted by atomic mass is 10.1. The highest BCUT2D eigenvalue weighted by Crippen LogP contribution is 2.36. The van der Waals surface area contributed by atoms with Crippen LogP contribution < -0.4 is 14.8 Å². The largest absolute Gasteiger partial charge is 0.493 e. The molecule has 0 saturated heterocycles. The number of methoxy groups -OCH3 is 3. The standard InChI is InChI=1S/C23H21N3O6S/c1-11-18-12(2)24-20(15-7-6-8-32-15)26-22(18)33-19(11)21(27)25-14-10-17(30-4)16(29-3)9-13(14)23(28)31-5/h6-10H,1-5H3,(H,25,27). The number of esters is 1. The molecule has 0 spiro atoms. The van der Waals surface area contributed by atoms with Gasteiger partial charge in [0.05, 0.1) is 49.4 Å². The van der Waals surface area contributed by atoms with Crippen molar-refractivity contribution in [2.75, 3.05) is 26.6 Å². The van der Waals surface area contributed by atoms with Gasteiger partial charge in [-0.05, 0) is 31.5 Å². The van der Waals surface area contributed by atoms with Crippen molar-refractivity contribution in [3.8, 4) is 23.1 Å². The molecule has 10 heteroatoms. The fraction of sp³-hybridized carbons (Fsp3) is 0.217. The van der Waals surface area contributed by atoms with E-state index >= 15 is 0 Å². The number of ether oxygens (including phenoxy) is 3. The van der Waals surface area contributed by atoms with E-state index in [1.54, 1.807) is 18.4 Å². The van der Waals surface area contributed by atoms with Crippen LogP contribution in [0.25, 0.3) is 21.8 Å². The summed E-state index contributed by atoms with van der Waals surface area (Å²) in [6.07, 6.45) is 1.55. The first-order chi connectivity index (χ1) is 15.9. The van der Waals surface area contributed by atoms with Gasteiger partial charge in [0, 0.05) is 17.5 Å². The molecule has 0 aliphatic heterocycles. The van der Waals surface area contributed by atoms with Gasteiger partial charge in [-0.1, -0.05) is 0 Å². The number of nitrogens with one attached hydrogen (secondary N) is 1. The molecule has 0 aliphatic rings. The second kappa shape index (κ2) is 8.91. The first-order valence-corrected chi connectivity index (χ1v) is 10.7. The Labute approximate surface area is 193 Å². The quantitative estimate of drug-likeness (QED) is 0.409. The molecule has 4 aromatic rings. The summed E-state index contributed by atoms with van der Waals surface area (Å²) in [5.74, 6) is 0.677. The van der Waals surface area contributed by atoms with Gasteiger partial charge in [0.15, 0.2) is 23.1 Å². The van der Waals surface area contributed by atoms with Crippen LogP contribution in [0.1, 0.15) is 31.3 Å². The highest BCUT2D eigenvalue weighted by Gasteiger charge is 2.23. The predicted molar refractivity (Wildman–Crippen MR) is 123 cm³/mol. The molecule has 3 aromatic heterocycles. The molecular formula is C23H21N3O6S. The Kier molecular flexibility index (Phi) is 6.01. The second-order valence-electron chi connectivity index (χ2n) is 7.04. The molecule has 33 heavy (non-hydrogen) atoms. The molecule has 9 nitrogen and oxygen atoms in total. The number of anilines is 1. The van der Waals surface area contributed by atoms with Crippen LogP contribution in [0, 0.1) is 13.8 Å². The summed E-state index contributed by atoms with van der Waals surface area (Å²) in [5, 5.41) is 3.61. The zero-order chi connectivity index (χ0) is 23.7. The smallest absolute Gasteiger partial charge is 0.340 e. The average Bonchev–Trinajstić information content (AvgIpc) is 3.46. The molecular weight excluding hydrogens is 446 g/mol. The van der Waals surface area contributed by atoms with Gasteiger partial charge in [-0.2, -0.15) is 0 Å². The van der Waals surface area contributed by atoms with E-state index in [4.69, 9.17) is 18.6 Å². The lowest BCUT2D eigenvalue weighted by Gasteiger charge is -2.14. The molecule has 3 heterocycles. The normalized spacial score (nSPS) is 10.8. The maximum absolute atomic E-state index is 13.3. The van der Waals surface area contributed by atoms with Gasteiger partial charge in [0.2, 0.25) is 0 Å². The maximum Gasteiger partial charge on any atom is 0.340 e. The van der Waals surface area contributed by atoms with E-state index in [1.165, 1.54) is 44.8 Å². The summed E-state index contributed by atoms with van der Waals surface area (Å²) in [6.45, 7) is 3.70. The highest BCUT2D eigenvalue weighted by atomic mass is 32.1. The van der Waals surface area contributed by atoms with Gasteiger partial charge < -0.3 is 23.9 Å². The summed E-state index contributed by atoms with van der Waals surface area (Å²) >= 11 is 1.24. The zero-order valence-electron chi connectivity index (χ0n) is 18.6. The van der Waals surface area contributed by atoms with Crippen molar-refractivity contribution >= 4 is 39.1 Å². The van der Waals surface area contributed by atoms with Crippen molar-refractivity contribution in [3.63, 3.8) is 0 Å². The third kappa shape index (κ3) is 4.00. The molecule has 0 atom stereocenters. The number of nitrogens with zero attached hydrogens (tertiary/aromatic N) is 2. The molecule has 4 rings (SSSR count). The molecule has 0 unspecified atom stereocenters. The van der Waals surface area contributed by atoms with Gasteiger partial charge in [-0.15, -0.1) is 11.3 Å². The van der Waals surface area contributed by atoms with Gasteiger partial charge >= 0.3 is 5.97 Å². The molecule has 0 fully saturated rings. The van der Waals surface area contributed by atoms with Crippen molar-refractivity contribution in [1.82, 2.24) is 9.97 Å². The van der Waals surface area contributed by atoms with Crippen molar-refractivity contribution < 1.29 is 28.2 Å². The number of aromatic nitrogens is 2. The van der Waals surface area contributed by atoms with Crippen LogP contribution in [-0.2, 0) is 4.74 Å². The Balaban J connectivity index is 1.76. The number of hydrogen-bond acceptors (Lipinski definition) is 9. The lowest BCUT2D eigenvalue weighted by molar-refractivity contribution is 0.0601. The van der Waals surface area contributed by atoms with Gasteiger partial charge in [0.1, 0.15) is 4.83 Å². The summed E-state index contributed by atoms with van der Waals surface area (Å²) < 4.78 is 20.8. The molecule has 0 aliphatic carbocycles. The van der Waals surface area contributed by atoms with E-state index in [0.717, 1.165) is 16.6 Å². The fourth-order valence-electron chi connectivity index (χ4n) is 3.51. The van der Waals surface area contributed by atoms with Crippen LogP contribution in [0.4, 0.5) is 5.69 Å².